The normalized spacial score (nSPS) is 27.1. The van der Waals surface area contributed by atoms with E-state index in [-0.39, 0.29) is 11.3 Å². The van der Waals surface area contributed by atoms with Crippen molar-refractivity contribution in [2.24, 2.45) is 17.8 Å². The maximum absolute atomic E-state index is 13.3. The highest BCUT2D eigenvalue weighted by Gasteiger charge is 2.52. The molecule has 4 aromatic heterocycles. The summed E-state index contributed by atoms with van der Waals surface area (Å²) in [5, 5.41) is 14.8. The van der Waals surface area contributed by atoms with E-state index in [0.717, 1.165) is 41.2 Å². The first kappa shape index (κ1) is 21.2. The molecule has 1 amide bonds. The van der Waals surface area contributed by atoms with Gasteiger partial charge in [-0.3, -0.25) is 14.8 Å². The van der Waals surface area contributed by atoms with Crippen LogP contribution in [0.3, 0.4) is 0 Å². The summed E-state index contributed by atoms with van der Waals surface area (Å²) in [6, 6.07) is 1.91. The Morgan fingerprint density at radius 3 is 2.57 bits per heavy atom. The molecule has 0 saturated heterocycles. The third kappa shape index (κ3) is 3.27. The van der Waals surface area contributed by atoms with Gasteiger partial charge in [-0.25, -0.2) is 14.5 Å². The lowest BCUT2D eigenvalue weighted by atomic mass is 9.49. The molecular formula is C26H29N7OS. The molecule has 0 unspecified atom stereocenters. The van der Waals surface area contributed by atoms with E-state index in [9.17, 15) is 4.79 Å². The van der Waals surface area contributed by atoms with Crippen molar-refractivity contribution in [3.05, 3.63) is 47.0 Å². The molecule has 4 aliphatic rings. The van der Waals surface area contributed by atoms with Crippen molar-refractivity contribution in [2.75, 3.05) is 5.32 Å². The van der Waals surface area contributed by atoms with Gasteiger partial charge in [0.2, 0.25) is 0 Å². The second kappa shape index (κ2) is 7.71. The third-order valence-corrected chi connectivity index (χ3v) is 9.39. The van der Waals surface area contributed by atoms with Crippen LogP contribution in [-0.4, -0.2) is 35.3 Å². The number of fused-ring (bicyclic) bond motifs is 1. The molecule has 0 aromatic carbocycles. The number of aromatic nitrogens is 6. The number of nitrogens with one attached hydrogen (secondary N) is 1. The van der Waals surface area contributed by atoms with Crippen LogP contribution in [-0.2, 0) is 12.0 Å². The second-order valence-electron chi connectivity index (χ2n) is 10.8. The van der Waals surface area contributed by atoms with Gasteiger partial charge >= 0.3 is 0 Å². The lowest BCUT2D eigenvalue weighted by Gasteiger charge is -2.56. The molecular weight excluding hydrogens is 458 g/mol. The Kier molecular flexibility index (Phi) is 4.68. The molecule has 0 spiro atoms. The van der Waals surface area contributed by atoms with Crippen LogP contribution >= 0.6 is 11.3 Å². The number of carbonyl (C=O) groups is 1. The van der Waals surface area contributed by atoms with Gasteiger partial charge in [-0.15, -0.1) is 11.3 Å². The van der Waals surface area contributed by atoms with Crippen molar-refractivity contribution in [1.82, 2.24) is 29.4 Å². The predicted octanol–water partition coefficient (Wildman–Crippen LogP) is 5.10. The summed E-state index contributed by atoms with van der Waals surface area (Å²) in [5.74, 6) is 2.38. The van der Waals surface area contributed by atoms with Gasteiger partial charge in [0.1, 0.15) is 5.56 Å². The summed E-state index contributed by atoms with van der Waals surface area (Å²) in [7, 11) is 0. The predicted molar refractivity (Wildman–Crippen MR) is 135 cm³/mol. The molecule has 180 valence electrons. The molecule has 8 rings (SSSR count). The number of amides is 1. The van der Waals surface area contributed by atoms with Crippen LogP contribution in [0.25, 0.3) is 16.9 Å². The molecule has 4 bridgehead atoms. The van der Waals surface area contributed by atoms with Crippen molar-refractivity contribution in [1.29, 1.82) is 0 Å². The average Bonchev–Trinajstić information content (AvgIpc) is 3.56. The van der Waals surface area contributed by atoms with E-state index < -0.39 is 0 Å². The molecule has 4 aliphatic carbocycles. The Labute approximate surface area is 207 Å². The molecule has 4 saturated carbocycles. The second-order valence-corrected chi connectivity index (χ2v) is 11.6. The van der Waals surface area contributed by atoms with Crippen LogP contribution in [0.15, 0.2) is 30.0 Å². The molecule has 0 atom stereocenters. The van der Waals surface area contributed by atoms with Gasteiger partial charge in [-0.05, 0) is 76.2 Å². The number of anilines is 1. The Morgan fingerprint density at radius 1 is 1.14 bits per heavy atom. The van der Waals surface area contributed by atoms with E-state index >= 15 is 0 Å². The van der Waals surface area contributed by atoms with E-state index in [1.54, 1.807) is 16.9 Å². The fourth-order valence-corrected chi connectivity index (χ4v) is 8.26. The lowest BCUT2D eigenvalue weighted by molar-refractivity contribution is -0.00688. The van der Waals surface area contributed by atoms with Gasteiger partial charge in [0.25, 0.3) is 5.91 Å². The number of hydrogen-bond donors (Lipinski definition) is 1. The van der Waals surface area contributed by atoms with Crippen molar-refractivity contribution in [3.63, 3.8) is 0 Å². The van der Waals surface area contributed by atoms with Crippen molar-refractivity contribution in [3.8, 4) is 11.3 Å². The van der Waals surface area contributed by atoms with Gasteiger partial charge < -0.3 is 0 Å². The Bertz CT molecular complexity index is 1410. The number of rotatable bonds is 5. The summed E-state index contributed by atoms with van der Waals surface area (Å²) in [6.45, 7) is 4.90. The zero-order valence-electron chi connectivity index (χ0n) is 20.1. The zero-order valence-corrected chi connectivity index (χ0v) is 20.9. The fraction of sp³-hybridized carbons (Fsp3) is 0.500. The maximum atomic E-state index is 13.3. The number of nitrogens with zero attached hydrogens (tertiary/aromatic N) is 6. The minimum Gasteiger partial charge on any atom is -0.298 e. The topological polar surface area (TPSA) is 90.0 Å². The Hall–Kier alpha value is -3.07. The van der Waals surface area contributed by atoms with Crippen LogP contribution in [0.4, 0.5) is 5.13 Å². The monoisotopic (exact) mass is 487 g/mol. The van der Waals surface area contributed by atoms with E-state index in [4.69, 9.17) is 4.98 Å². The summed E-state index contributed by atoms with van der Waals surface area (Å²) in [6.07, 6.45) is 13.2. The van der Waals surface area contributed by atoms with Crippen LogP contribution in [0.2, 0.25) is 0 Å². The highest BCUT2D eigenvalue weighted by atomic mass is 32.1. The van der Waals surface area contributed by atoms with E-state index in [2.05, 4.69) is 32.8 Å². The molecule has 1 N–H and O–H groups in total. The van der Waals surface area contributed by atoms with Crippen LogP contribution < -0.4 is 5.32 Å². The Morgan fingerprint density at radius 2 is 1.89 bits per heavy atom. The number of carbonyl (C=O) groups excluding carboxylic acids is 1. The van der Waals surface area contributed by atoms with Gasteiger partial charge in [-0.2, -0.15) is 10.2 Å². The van der Waals surface area contributed by atoms with Gasteiger partial charge in [0.05, 0.1) is 23.8 Å². The fourth-order valence-electron chi connectivity index (χ4n) is 7.44. The highest BCUT2D eigenvalue weighted by molar-refractivity contribution is 7.14. The number of aryl methyl sites for hydroxylation is 1. The van der Waals surface area contributed by atoms with Crippen molar-refractivity contribution in [2.45, 2.75) is 64.3 Å². The van der Waals surface area contributed by atoms with E-state index in [1.165, 1.54) is 55.6 Å². The summed E-state index contributed by atoms with van der Waals surface area (Å²) in [5.41, 5.74) is 5.30. The molecule has 0 aliphatic heterocycles. The molecule has 4 fully saturated rings. The number of thiazole rings is 1. The first-order valence-electron chi connectivity index (χ1n) is 12.7. The largest absolute Gasteiger partial charge is 0.298 e. The number of hydrogen-bond acceptors (Lipinski definition) is 6. The summed E-state index contributed by atoms with van der Waals surface area (Å²) in [4.78, 5) is 22.7. The molecule has 0 radical (unpaired) electrons. The van der Waals surface area contributed by atoms with Crippen LogP contribution in [0, 0.1) is 24.7 Å². The van der Waals surface area contributed by atoms with Crippen molar-refractivity contribution >= 4 is 28.0 Å². The molecule has 4 aromatic rings. The highest BCUT2D eigenvalue weighted by Crippen LogP contribution is 2.60. The SMILES string of the molecule is CCn1ncc(-c2ccnc3c(C(=O)Nc4nc(C56CC7CC(CC(C7)C5)C6)cs4)cnn23)c1C. The standard InChI is InChI=1S/C26H29N7OS/c1-3-32-15(2)19(12-28-32)21-4-5-27-23-20(13-29-33(21)23)24(34)31-25-30-22(14-35-25)26-9-16-6-17(10-26)8-18(7-16)11-26/h4-5,12-14,16-18H,3,6-11H2,1-2H3,(H,30,31,34). The first-order chi connectivity index (χ1) is 17.0. The van der Waals surface area contributed by atoms with Gasteiger partial charge in [0, 0.05) is 34.8 Å². The van der Waals surface area contributed by atoms with Gasteiger partial charge in [-0.1, -0.05) is 0 Å². The van der Waals surface area contributed by atoms with E-state index in [0.29, 0.717) is 16.3 Å². The smallest absolute Gasteiger partial charge is 0.262 e. The van der Waals surface area contributed by atoms with Crippen LogP contribution in [0.1, 0.15) is 67.2 Å². The molecule has 35 heavy (non-hydrogen) atoms. The minimum atomic E-state index is -0.225. The first-order valence-corrected chi connectivity index (χ1v) is 13.5. The maximum Gasteiger partial charge on any atom is 0.262 e. The van der Waals surface area contributed by atoms with Crippen LogP contribution in [0.5, 0.6) is 0 Å². The third-order valence-electron chi connectivity index (χ3n) is 8.63. The Balaban J connectivity index is 1.16. The minimum absolute atomic E-state index is 0.225. The molecule has 9 heteroatoms. The molecule has 4 heterocycles. The summed E-state index contributed by atoms with van der Waals surface area (Å²) >= 11 is 1.54. The van der Waals surface area contributed by atoms with Gasteiger partial charge in [0.15, 0.2) is 10.8 Å². The van der Waals surface area contributed by atoms with E-state index in [1.807, 2.05) is 23.9 Å². The summed E-state index contributed by atoms with van der Waals surface area (Å²) < 4.78 is 3.67. The average molecular weight is 488 g/mol. The zero-order chi connectivity index (χ0) is 23.7. The quantitative estimate of drug-likeness (QED) is 0.423. The molecule has 8 nitrogen and oxygen atoms in total. The van der Waals surface area contributed by atoms with Crippen molar-refractivity contribution < 1.29 is 4.79 Å². The lowest BCUT2D eigenvalue weighted by Crippen LogP contribution is -2.48.